The molecule has 2 aliphatic rings. The number of rotatable bonds is 5. The minimum Gasteiger partial charge on any atom is -0.503 e. The van der Waals surface area contributed by atoms with Gasteiger partial charge in [-0.05, 0) is 48.0 Å². The van der Waals surface area contributed by atoms with E-state index < -0.39 is 28.9 Å². The van der Waals surface area contributed by atoms with Crippen LogP contribution < -0.4 is 14.4 Å². The Morgan fingerprint density at radius 3 is 2.10 bits per heavy atom. The Bertz CT molecular complexity index is 1070. The predicted octanol–water partition coefficient (Wildman–Crippen LogP) is 3.56. The van der Waals surface area contributed by atoms with Crippen molar-refractivity contribution in [2.75, 3.05) is 26.2 Å². The van der Waals surface area contributed by atoms with Crippen LogP contribution in [0.15, 0.2) is 65.9 Å². The Balaban J connectivity index is 1.81. The first-order chi connectivity index (χ1) is 15.0. The van der Waals surface area contributed by atoms with E-state index in [1.165, 1.54) is 23.8 Å². The Kier molecular flexibility index (Phi) is 5.65. The number of anilines is 1. The van der Waals surface area contributed by atoms with Gasteiger partial charge in [0.05, 0.1) is 27.4 Å². The highest BCUT2D eigenvalue weighted by atomic mass is 32.2. The number of carbonyl (C=O) groups excluding carboxylic acids is 2. The van der Waals surface area contributed by atoms with Crippen molar-refractivity contribution >= 4 is 34.2 Å². The zero-order valence-corrected chi connectivity index (χ0v) is 18.0. The van der Waals surface area contributed by atoms with E-state index in [4.69, 9.17) is 14.2 Å². The molecule has 1 amide bonds. The lowest BCUT2D eigenvalue weighted by molar-refractivity contribution is -0.139. The van der Waals surface area contributed by atoms with Gasteiger partial charge in [-0.2, -0.15) is 0 Å². The van der Waals surface area contributed by atoms with Gasteiger partial charge in [0, 0.05) is 16.2 Å². The summed E-state index contributed by atoms with van der Waals surface area (Å²) >= 11 is 1.25. The maximum absolute atomic E-state index is 13.0. The number of aliphatic hydroxyl groups is 1. The lowest BCUT2D eigenvalue weighted by Crippen LogP contribution is -2.39. The molecule has 0 aliphatic carbocycles. The van der Waals surface area contributed by atoms with Gasteiger partial charge in [-0.15, -0.1) is 11.8 Å². The van der Waals surface area contributed by atoms with Gasteiger partial charge in [-0.25, -0.2) is 0 Å². The average Bonchev–Trinajstić information content (AvgIpc) is 3.08. The Hall–Kier alpha value is -3.39. The normalized spacial score (nSPS) is 20.3. The number of methoxy groups -OCH3 is 3. The van der Waals surface area contributed by atoms with Crippen LogP contribution in [0.1, 0.15) is 5.56 Å². The molecule has 0 saturated carbocycles. The van der Waals surface area contributed by atoms with Crippen molar-refractivity contribution in [2.45, 2.75) is 11.3 Å². The van der Waals surface area contributed by atoms with E-state index in [1.807, 2.05) is 30.3 Å². The lowest BCUT2D eigenvalue weighted by Gasteiger charge is -2.31. The first-order valence-electron chi connectivity index (χ1n) is 9.49. The van der Waals surface area contributed by atoms with Crippen LogP contribution in [0.2, 0.25) is 0 Å². The third-order valence-corrected chi connectivity index (χ3v) is 6.58. The third kappa shape index (κ3) is 3.63. The minimum atomic E-state index is -0.843. The molecule has 2 aromatic carbocycles. The van der Waals surface area contributed by atoms with E-state index in [0.29, 0.717) is 22.8 Å². The number of nitrogens with zero attached hydrogens (tertiary/aromatic N) is 1. The molecule has 0 aromatic heterocycles. The van der Waals surface area contributed by atoms with Crippen LogP contribution in [0.4, 0.5) is 5.69 Å². The Morgan fingerprint density at radius 1 is 0.968 bits per heavy atom. The second kappa shape index (κ2) is 8.39. The van der Waals surface area contributed by atoms with Crippen LogP contribution in [-0.2, 0) is 14.3 Å². The quantitative estimate of drug-likeness (QED) is 0.713. The maximum Gasteiger partial charge on any atom is 0.323 e. The summed E-state index contributed by atoms with van der Waals surface area (Å²) in [7, 11) is 4.44. The molecule has 2 aromatic rings. The summed E-state index contributed by atoms with van der Waals surface area (Å²) in [6, 6.07) is 13.8. The number of hydrogen-bond acceptors (Lipinski definition) is 7. The van der Waals surface area contributed by atoms with E-state index >= 15 is 0 Å². The lowest BCUT2D eigenvalue weighted by atomic mass is 10.0. The second-order valence-corrected chi connectivity index (χ2v) is 8.05. The van der Waals surface area contributed by atoms with Gasteiger partial charge in [0.25, 0.3) is 5.91 Å². The first kappa shape index (κ1) is 20.9. The van der Waals surface area contributed by atoms with E-state index in [1.54, 1.807) is 38.5 Å². The van der Waals surface area contributed by atoms with Gasteiger partial charge in [-0.3, -0.25) is 14.5 Å². The topological polar surface area (TPSA) is 85.3 Å². The fraction of sp³-hybridized carbons (Fsp3) is 0.217. The average molecular weight is 439 g/mol. The van der Waals surface area contributed by atoms with E-state index in [0.717, 1.165) is 10.5 Å². The van der Waals surface area contributed by atoms with Crippen LogP contribution in [0.5, 0.6) is 11.5 Å². The molecule has 0 fully saturated rings. The van der Waals surface area contributed by atoms with Gasteiger partial charge in [0.15, 0.2) is 5.76 Å². The fourth-order valence-electron chi connectivity index (χ4n) is 3.68. The Morgan fingerprint density at radius 2 is 1.55 bits per heavy atom. The summed E-state index contributed by atoms with van der Waals surface area (Å²) < 4.78 is 15.4. The summed E-state index contributed by atoms with van der Waals surface area (Å²) in [6.07, 6.45) is 1.88. The summed E-state index contributed by atoms with van der Waals surface area (Å²) in [5.74, 6) is -0.154. The SMILES string of the molecule is COC(=O)[C@H]1SC(c2ccc(OC)cc2)=C[C@H]2C1=C(O)C(=O)N2c1ccc(OC)cc1. The predicted molar refractivity (Wildman–Crippen MR) is 118 cm³/mol. The highest BCUT2D eigenvalue weighted by Crippen LogP contribution is 2.47. The molecule has 7 nitrogen and oxygen atoms in total. The van der Waals surface area contributed by atoms with Crippen LogP contribution in [0.25, 0.3) is 4.91 Å². The Labute approximate surface area is 183 Å². The molecule has 4 rings (SSSR count). The molecule has 2 aliphatic heterocycles. The van der Waals surface area contributed by atoms with Crippen molar-refractivity contribution < 1.29 is 28.9 Å². The molecule has 0 spiro atoms. The molecule has 2 atom stereocenters. The van der Waals surface area contributed by atoms with Crippen molar-refractivity contribution in [1.82, 2.24) is 0 Å². The molecule has 0 radical (unpaired) electrons. The smallest absolute Gasteiger partial charge is 0.323 e. The van der Waals surface area contributed by atoms with Crippen molar-refractivity contribution in [3.8, 4) is 11.5 Å². The molecular weight excluding hydrogens is 418 g/mol. The summed E-state index contributed by atoms with van der Waals surface area (Å²) in [4.78, 5) is 27.8. The number of esters is 1. The summed E-state index contributed by atoms with van der Waals surface area (Å²) in [5.41, 5.74) is 1.78. The van der Waals surface area contributed by atoms with Crippen LogP contribution in [0.3, 0.4) is 0 Å². The van der Waals surface area contributed by atoms with Crippen molar-refractivity contribution in [1.29, 1.82) is 0 Å². The van der Waals surface area contributed by atoms with Crippen LogP contribution >= 0.6 is 11.8 Å². The first-order valence-corrected chi connectivity index (χ1v) is 10.4. The van der Waals surface area contributed by atoms with Gasteiger partial charge in [0.2, 0.25) is 0 Å². The number of carbonyl (C=O) groups is 2. The summed E-state index contributed by atoms with van der Waals surface area (Å²) in [5, 5.41) is 9.82. The van der Waals surface area contributed by atoms with E-state index in [2.05, 4.69) is 0 Å². The molecule has 0 bridgehead atoms. The monoisotopic (exact) mass is 439 g/mol. The number of amides is 1. The molecule has 0 saturated heterocycles. The standard InChI is InChI=1S/C23H21NO6S/c1-28-15-8-4-13(5-9-15)18-12-17-19(21(31-18)23(27)30-3)20(25)22(26)24(17)14-6-10-16(29-2)11-7-14/h4-12,17,21,25H,1-3H3/t17-,21-/m0/s1. The minimum absolute atomic E-state index is 0.329. The molecule has 1 N–H and O–H groups in total. The van der Waals surface area contributed by atoms with Gasteiger partial charge in [0.1, 0.15) is 16.7 Å². The third-order valence-electron chi connectivity index (χ3n) is 5.27. The number of fused-ring (bicyclic) bond motifs is 1. The number of aliphatic hydroxyl groups excluding tert-OH is 1. The molecule has 0 unspecified atom stereocenters. The van der Waals surface area contributed by atoms with Gasteiger partial charge >= 0.3 is 5.97 Å². The number of thioether (sulfide) groups is 1. The van der Waals surface area contributed by atoms with Crippen LogP contribution in [-0.4, -0.2) is 49.6 Å². The molecule has 160 valence electrons. The van der Waals surface area contributed by atoms with Gasteiger partial charge < -0.3 is 19.3 Å². The van der Waals surface area contributed by atoms with E-state index in [9.17, 15) is 14.7 Å². The van der Waals surface area contributed by atoms with Crippen molar-refractivity contribution in [2.24, 2.45) is 0 Å². The molecule has 8 heteroatoms. The number of hydrogen-bond donors (Lipinski definition) is 1. The number of benzene rings is 2. The highest BCUT2D eigenvalue weighted by Gasteiger charge is 2.48. The molecule has 31 heavy (non-hydrogen) atoms. The van der Waals surface area contributed by atoms with Crippen molar-refractivity contribution in [3.63, 3.8) is 0 Å². The second-order valence-electron chi connectivity index (χ2n) is 6.90. The number of ether oxygens (including phenoxy) is 3. The van der Waals surface area contributed by atoms with E-state index in [-0.39, 0.29) is 0 Å². The van der Waals surface area contributed by atoms with Crippen molar-refractivity contribution in [3.05, 3.63) is 71.5 Å². The van der Waals surface area contributed by atoms with Gasteiger partial charge in [-0.1, -0.05) is 12.1 Å². The molecule has 2 heterocycles. The largest absolute Gasteiger partial charge is 0.503 e. The zero-order chi connectivity index (χ0) is 22.1. The highest BCUT2D eigenvalue weighted by molar-refractivity contribution is 8.09. The maximum atomic E-state index is 13.0. The fourth-order valence-corrected chi connectivity index (χ4v) is 4.99. The zero-order valence-electron chi connectivity index (χ0n) is 17.2. The van der Waals surface area contributed by atoms with Crippen LogP contribution in [0, 0.1) is 0 Å². The summed E-state index contributed by atoms with van der Waals surface area (Å²) in [6.45, 7) is 0. The molecular formula is C23H21NO6S.